The third-order valence-corrected chi connectivity index (χ3v) is 2.42. The Morgan fingerprint density at radius 2 is 2.25 bits per heavy atom. The SMILES string of the molecule is CCCCN(CCCl)C(=O)c1ccnnc1. The van der Waals surface area contributed by atoms with Crippen molar-refractivity contribution in [3.05, 3.63) is 24.0 Å². The van der Waals surface area contributed by atoms with Crippen LogP contribution in [0.2, 0.25) is 0 Å². The molecular formula is C11H16ClN3O. The topological polar surface area (TPSA) is 46.1 Å². The van der Waals surface area contributed by atoms with Gasteiger partial charge in [0.05, 0.1) is 18.0 Å². The van der Waals surface area contributed by atoms with Crippen LogP contribution in [0, 0.1) is 0 Å². The Kier molecular flexibility index (Phi) is 5.78. The fourth-order valence-corrected chi connectivity index (χ4v) is 1.57. The summed E-state index contributed by atoms with van der Waals surface area (Å²) < 4.78 is 0. The van der Waals surface area contributed by atoms with Crippen LogP contribution in [0.25, 0.3) is 0 Å². The second kappa shape index (κ2) is 7.17. The molecule has 0 aliphatic rings. The van der Waals surface area contributed by atoms with Crippen LogP contribution < -0.4 is 0 Å². The molecule has 0 saturated carbocycles. The molecule has 1 heterocycles. The average Bonchev–Trinajstić information content (AvgIpc) is 2.35. The highest BCUT2D eigenvalue weighted by Crippen LogP contribution is 2.04. The summed E-state index contributed by atoms with van der Waals surface area (Å²) in [5.74, 6) is 0.428. The van der Waals surface area contributed by atoms with Crippen molar-refractivity contribution in [1.29, 1.82) is 0 Å². The number of hydrogen-bond acceptors (Lipinski definition) is 3. The van der Waals surface area contributed by atoms with Gasteiger partial charge >= 0.3 is 0 Å². The first-order chi connectivity index (χ1) is 7.79. The van der Waals surface area contributed by atoms with E-state index >= 15 is 0 Å². The van der Waals surface area contributed by atoms with Crippen molar-refractivity contribution in [1.82, 2.24) is 15.1 Å². The van der Waals surface area contributed by atoms with Gasteiger partial charge < -0.3 is 4.90 Å². The number of hydrogen-bond donors (Lipinski definition) is 0. The molecule has 0 saturated heterocycles. The lowest BCUT2D eigenvalue weighted by atomic mass is 10.2. The van der Waals surface area contributed by atoms with Gasteiger partial charge in [-0.25, -0.2) is 0 Å². The molecule has 0 atom stereocenters. The second-order valence-corrected chi connectivity index (χ2v) is 3.84. The summed E-state index contributed by atoms with van der Waals surface area (Å²) in [5, 5.41) is 7.35. The van der Waals surface area contributed by atoms with Crippen molar-refractivity contribution in [3.63, 3.8) is 0 Å². The number of nitrogens with zero attached hydrogens (tertiary/aromatic N) is 3. The van der Waals surface area contributed by atoms with E-state index in [2.05, 4.69) is 17.1 Å². The number of rotatable bonds is 6. The highest BCUT2D eigenvalue weighted by atomic mass is 35.5. The second-order valence-electron chi connectivity index (χ2n) is 3.47. The number of aromatic nitrogens is 2. The van der Waals surface area contributed by atoms with Gasteiger partial charge in [0.2, 0.25) is 0 Å². The molecule has 1 amide bonds. The van der Waals surface area contributed by atoms with Crippen LogP contribution >= 0.6 is 11.6 Å². The molecule has 0 unspecified atom stereocenters. The van der Waals surface area contributed by atoms with Crippen LogP contribution in [0.4, 0.5) is 0 Å². The molecule has 0 aliphatic carbocycles. The molecule has 1 aromatic rings. The molecule has 0 bridgehead atoms. The summed E-state index contributed by atoms with van der Waals surface area (Å²) in [6.45, 7) is 3.41. The van der Waals surface area contributed by atoms with E-state index in [1.807, 2.05) is 0 Å². The van der Waals surface area contributed by atoms with Crippen molar-refractivity contribution in [2.75, 3.05) is 19.0 Å². The van der Waals surface area contributed by atoms with E-state index in [-0.39, 0.29) is 5.91 Å². The summed E-state index contributed by atoms with van der Waals surface area (Å²) in [4.78, 5) is 13.8. The molecule has 0 fully saturated rings. The quantitative estimate of drug-likeness (QED) is 0.716. The van der Waals surface area contributed by atoms with Gasteiger partial charge in [0, 0.05) is 19.0 Å². The maximum absolute atomic E-state index is 12.0. The minimum Gasteiger partial charge on any atom is -0.337 e. The van der Waals surface area contributed by atoms with Gasteiger partial charge in [0.15, 0.2) is 0 Å². The normalized spacial score (nSPS) is 10.1. The average molecular weight is 242 g/mol. The predicted octanol–water partition coefficient (Wildman–Crippen LogP) is 1.96. The Morgan fingerprint density at radius 1 is 1.44 bits per heavy atom. The Morgan fingerprint density at radius 3 is 2.81 bits per heavy atom. The summed E-state index contributed by atoms with van der Waals surface area (Å²) in [6.07, 6.45) is 5.04. The van der Waals surface area contributed by atoms with Gasteiger partial charge in [-0.3, -0.25) is 4.79 Å². The zero-order valence-corrected chi connectivity index (χ0v) is 10.2. The summed E-state index contributed by atoms with van der Waals surface area (Å²) in [5.41, 5.74) is 0.566. The fraction of sp³-hybridized carbons (Fsp3) is 0.545. The zero-order chi connectivity index (χ0) is 11.8. The molecule has 5 heteroatoms. The molecule has 16 heavy (non-hydrogen) atoms. The Hall–Kier alpha value is -1.16. The van der Waals surface area contributed by atoms with Crippen molar-refractivity contribution < 1.29 is 4.79 Å². The van der Waals surface area contributed by atoms with E-state index in [1.54, 1.807) is 11.0 Å². The van der Waals surface area contributed by atoms with Crippen LogP contribution in [-0.2, 0) is 0 Å². The van der Waals surface area contributed by atoms with Crippen LogP contribution in [0.3, 0.4) is 0 Å². The summed E-state index contributed by atoms with van der Waals surface area (Å²) >= 11 is 5.68. The molecule has 1 rings (SSSR count). The number of halogens is 1. The van der Waals surface area contributed by atoms with Crippen molar-refractivity contribution >= 4 is 17.5 Å². The zero-order valence-electron chi connectivity index (χ0n) is 9.40. The monoisotopic (exact) mass is 241 g/mol. The number of amides is 1. The van der Waals surface area contributed by atoms with Crippen LogP contribution in [0.5, 0.6) is 0 Å². The third-order valence-electron chi connectivity index (χ3n) is 2.25. The minimum atomic E-state index is -0.0241. The molecule has 4 nitrogen and oxygen atoms in total. The Balaban J connectivity index is 2.67. The number of unbranched alkanes of at least 4 members (excludes halogenated alkanes) is 1. The van der Waals surface area contributed by atoms with Gasteiger partial charge in [0.25, 0.3) is 5.91 Å². The van der Waals surface area contributed by atoms with Crippen molar-refractivity contribution in [3.8, 4) is 0 Å². The van der Waals surface area contributed by atoms with E-state index in [0.717, 1.165) is 19.4 Å². The first kappa shape index (κ1) is 12.9. The molecule has 1 aromatic heterocycles. The predicted molar refractivity (Wildman–Crippen MR) is 63.6 cm³/mol. The number of carbonyl (C=O) groups excluding carboxylic acids is 1. The third kappa shape index (κ3) is 3.77. The highest BCUT2D eigenvalue weighted by molar-refractivity contribution is 6.18. The van der Waals surface area contributed by atoms with E-state index in [0.29, 0.717) is 18.0 Å². The Bertz CT molecular complexity index is 318. The van der Waals surface area contributed by atoms with Crippen LogP contribution in [-0.4, -0.2) is 40.0 Å². The van der Waals surface area contributed by atoms with E-state index < -0.39 is 0 Å². The van der Waals surface area contributed by atoms with E-state index in [1.165, 1.54) is 12.4 Å². The summed E-state index contributed by atoms with van der Waals surface area (Å²) in [6, 6.07) is 1.67. The maximum Gasteiger partial charge on any atom is 0.255 e. The van der Waals surface area contributed by atoms with Gasteiger partial charge in [-0.05, 0) is 12.5 Å². The molecule has 0 aliphatic heterocycles. The van der Waals surface area contributed by atoms with Gasteiger partial charge in [-0.2, -0.15) is 10.2 Å². The number of alkyl halides is 1. The maximum atomic E-state index is 12.0. The fourth-order valence-electron chi connectivity index (χ4n) is 1.37. The molecule has 0 radical (unpaired) electrons. The summed E-state index contributed by atoms with van der Waals surface area (Å²) in [7, 11) is 0. The van der Waals surface area contributed by atoms with Crippen molar-refractivity contribution in [2.45, 2.75) is 19.8 Å². The standard InChI is InChI=1S/C11H16ClN3O/c1-2-3-7-15(8-5-12)11(16)10-4-6-13-14-9-10/h4,6,9H,2-3,5,7-8H2,1H3. The largest absolute Gasteiger partial charge is 0.337 e. The molecule has 0 N–H and O–H groups in total. The minimum absolute atomic E-state index is 0.0241. The first-order valence-electron chi connectivity index (χ1n) is 5.41. The first-order valence-corrected chi connectivity index (χ1v) is 5.95. The van der Waals surface area contributed by atoms with Gasteiger partial charge in [-0.15, -0.1) is 11.6 Å². The number of carbonyl (C=O) groups is 1. The van der Waals surface area contributed by atoms with Gasteiger partial charge in [-0.1, -0.05) is 13.3 Å². The molecule has 0 spiro atoms. The lowest BCUT2D eigenvalue weighted by Crippen LogP contribution is -2.33. The highest BCUT2D eigenvalue weighted by Gasteiger charge is 2.14. The lowest BCUT2D eigenvalue weighted by Gasteiger charge is -2.21. The van der Waals surface area contributed by atoms with E-state index in [4.69, 9.17) is 11.6 Å². The molecular weight excluding hydrogens is 226 g/mol. The molecule has 0 aromatic carbocycles. The van der Waals surface area contributed by atoms with Gasteiger partial charge in [0.1, 0.15) is 0 Å². The van der Waals surface area contributed by atoms with Crippen LogP contribution in [0.1, 0.15) is 30.1 Å². The smallest absolute Gasteiger partial charge is 0.255 e. The Labute approximate surface area is 101 Å². The van der Waals surface area contributed by atoms with Crippen molar-refractivity contribution in [2.24, 2.45) is 0 Å². The lowest BCUT2D eigenvalue weighted by molar-refractivity contribution is 0.0762. The molecule has 88 valence electrons. The van der Waals surface area contributed by atoms with Crippen LogP contribution in [0.15, 0.2) is 18.5 Å². The van der Waals surface area contributed by atoms with E-state index in [9.17, 15) is 4.79 Å².